The van der Waals surface area contributed by atoms with Gasteiger partial charge in [-0.05, 0) is 39.5 Å². The number of carbonyl (C=O) groups excluding carboxylic acids is 1. The second-order valence-corrected chi connectivity index (χ2v) is 5.52. The first-order valence-electron chi connectivity index (χ1n) is 6.38. The minimum absolute atomic E-state index is 0.0201. The molecule has 1 atom stereocenters. The fourth-order valence-electron chi connectivity index (χ4n) is 1.95. The average Bonchev–Trinajstić information content (AvgIpc) is 2.58. The van der Waals surface area contributed by atoms with E-state index in [4.69, 9.17) is 4.42 Å². The van der Waals surface area contributed by atoms with Gasteiger partial charge in [-0.2, -0.15) is 0 Å². The highest BCUT2D eigenvalue weighted by Crippen LogP contribution is 2.20. The van der Waals surface area contributed by atoms with Crippen LogP contribution in [0.5, 0.6) is 0 Å². The first-order chi connectivity index (χ1) is 8.47. The van der Waals surface area contributed by atoms with E-state index in [0.29, 0.717) is 17.2 Å². The minimum atomic E-state index is -0.0201. The highest BCUT2D eigenvalue weighted by molar-refractivity contribution is 9.09. The maximum Gasteiger partial charge on any atom is 0.255 e. The van der Waals surface area contributed by atoms with Crippen LogP contribution in [-0.2, 0) is 0 Å². The van der Waals surface area contributed by atoms with E-state index in [-0.39, 0.29) is 5.91 Å². The molecule has 0 saturated heterocycles. The molecule has 0 spiro atoms. The molecule has 18 heavy (non-hydrogen) atoms. The van der Waals surface area contributed by atoms with Gasteiger partial charge in [-0.1, -0.05) is 22.9 Å². The van der Waals surface area contributed by atoms with Gasteiger partial charge in [-0.25, -0.2) is 0 Å². The lowest BCUT2D eigenvalue weighted by molar-refractivity contribution is 0.0950. The van der Waals surface area contributed by atoms with Crippen molar-refractivity contribution < 1.29 is 9.21 Å². The summed E-state index contributed by atoms with van der Waals surface area (Å²) < 4.78 is 5.46. The summed E-state index contributed by atoms with van der Waals surface area (Å²) >= 11 is 3.45. The van der Waals surface area contributed by atoms with E-state index in [1.54, 1.807) is 0 Å². The quantitative estimate of drug-likeness (QED) is 0.641. The Balaban J connectivity index is 2.46. The molecule has 0 aliphatic carbocycles. The van der Waals surface area contributed by atoms with Gasteiger partial charge < -0.3 is 9.73 Å². The average molecular weight is 316 g/mol. The standard InChI is InChI=1S/C14H22BrNO2/c1-9(8-15)6-5-7-16-14(17)13-10(2)11(3)18-12(13)4/h9H,5-8H2,1-4H3,(H,16,17). The van der Waals surface area contributed by atoms with Crippen molar-refractivity contribution in [2.24, 2.45) is 5.92 Å². The van der Waals surface area contributed by atoms with Crippen LogP contribution in [0.4, 0.5) is 0 Å². The molecule has 1 N–H and O–H groups in total. The highest BCUT2D eigenvalue weighted by Gasteiger charge is 2.17. The monoisotopic (exact) mass is 315 g/mol. The molecular weight excluding hydrogens is 294 g/mol. The lowest BCUT2D eigenvalue weighted by atomic mass is 10.1. The van der Waals surface area contributed by atoms with Gasteiger partial charge in [0.2, 0.25) is 0 Å². The molecule has 0 aromatic carbocycles. The Kier molecular flexibility index (Phi) is 5.93. The van der Waals surface area contributed by atoms with Crippen LogP contribution in [0.3, 0.4) is 0 Å². The van der Waals surface area contributed by atoms with Crippen molar-refractivity contribution in [3.8, 4) is 0 Å². The number of nitrogens with one attached hydrogen (secondary N) is 1. The van der Waals surface area contributed by atoms with E-state index in [1.807, 2.05) is 20.8 Å². The molecule has 0 aliphatic rings. The molecule has 0 aliphatic heterocycles. The van der Waals surface area contributed by atoms with Gasteiger partial charge in [0.05, 0.1) is 5.56 Å². The largest absolute Gasteiger partial charge is 0.466 e. The maximum atomic E-state index is 12.0. The van der Waals surface area contributed by atoms with Crippen LogP contribution in [0.15, 0.2) is 4.42 Å². The Labute approximate surface area is 117 Å². The van der Waals surface area contributed by atoms with Crippen LogP contribution < -0.4 is 5.32 Å². The Bertz CT molecular complexity index is 412. The lowest BCUT2D eigenvalue weighted by Gasteiger charge is -2.08. The summed E-state index contributed by atoms with van der Waals surface area (Å²) in [5, 5.41) is 3.97. The second kappa shape index (κ2) is 6.98. The number of hydrogen-bond donors (Lipinski definition) is 1. The zero-order chi connectivity index (χ0) is 13.7. The molecule has 0 saturated carbocycles. The summed E-state index contributed by atoms with van der Waals surface area (Å²) in [6, 6.07) is 0. The summed E-state index contributed by atoms with van der Waals surface area (Å²) in [6.45, 7) is 8.57. The number of amides is 1. The fraction of sp³-hybridized carbons (Fsp3) is 0.643. The van der Waals surface area contributed by atoms with E-state index in [0.717, 1.165) is 36.0 Å². The van der Waals surface area contributed by atoms with Crippen LogP contribution in [0.25, 0.3) is 0 Å². The number of alkyl halides is 1. The minimum Gasteiger partial charge on any atom is -0.466 e. The van der Waals surface area contributed by atoms with Gasteiger partial charge in [0.1, 0.15) is 11.5 Å². The first kappa shape index (κ1) is 15.3. The van der Waals surface area contributed by atoms with Gasteiger partial charge in [0.25, 0.3) is 5.91 Å². The number of aryl methyl sites for hydroxylation is 2. The molecule has 0 bridgehead atoms. The van der Waals surface area contributed by atoms with Crippen molar-refractivity contribution in [2.75, 3.05) is 11.9 Å². The van der Waals surface area contributed by atoms with E-state index < -0.39 is 0 Å². The predicted octanol–water partition coefficient (Wildman–Crippen LogP) is 3.75. The van der Waals surface area contributed by atoms with E-state index in [2.05, 4.69) is 28.2 Å². The van der Waals surface area contributed by atoms with Gasteiger partial charge in [0.15, 0.2) is 0 Å². The molecule has 0 fully saturated rings. The molecule has 1 amide bonds. The number of hydrogen-bond acceptors (Lipinski definition) is 2. The molecule has 1 aromatic heterocycles. The van der Waals surface area contributed by atoms with Crippen molar-refractivity contribution in [3.05, 3.63) is 22.6 Å². The molecule has 1 unspecified atom stereocenters. The molecule has 4 heteroatoms. The topological polar surface area (TPSA) is 42.2 Å². The zero-order valence-electron chi connectivity index (χ0n) is 11.6. The lowest BCUT2D eigenvalue weighted by Crippen LogP contribution is -2.25. The SMILES string of the molecule is Cc1oc(C)c(C(=O)NCCCC(C)CBr)c1C. The van der Waals surface area contributed by atoms with E-state index >= 15 is 0 Å². The summed E-state index contributed by atoms with van der Waals surface area (Å²) in [5.74, 6) is 2.16. The van der Waals surface area contributed by atoms with E-state index in [9.17, 15) is 4.79 Å². The molecule has 0 radical (unpaired) electrons. The van der Waals surface area contributed by atoms with E-state index in [1.165, 1.54) is 0 Å². The van der Waals surface area contributed by atoms with Crippen LogP contribution >= 0.6 is 15.9 Å². The van der Waals surface area contributed by atoms with Crippen molar-refractivity contribution in [3.63, 3.8) is 0 Å². The fourth-order valence-corrected chi connectivity index (χ4v) is 2.27. The van der Waals surface area contributed by atoms with Gasteiger partial charge in [-0.3, -0.25) is 4.79 Å². The number of rotatable bonds is 6. The third-order valence-electron chi connectivity index (χ3n) is 3.21. The number of furan rings is 1. The summed E-state index contributed by atoms with van der Waals surface area (Å²) in [5.41, 5.74) is 1.64. The van der Waals surface area contributed by atoms with Crippen molar-refractivity contribution >= 4 is 21.8 Å². The Hall–Kier alpha value is -0.770. The summed E-state index contributed by atoms with van der Waals surface area (Å²) in [7, 11) is 0. The molecule has 102 valence electrons. The Morgan fingerprint density at radius 3 is 2.50 bits per heavy atom. The first-order valence-corrected chi connectivity index (χ1v) is 7.50. The second-order valence-electron chi connectivity index (χ2n) is 4.87. The number of halogens is 1. The van der Waals surface area contributed by atoms with Gasteiger partial charge in [0, 0.05) is 17.4 Å². The normalized spacial score (nSPS) is 12.5. The Morgan fingerprint density at radius 2 is 2.00 bits per heavy atom. The zero-order valence-corrected chi connectivity index (χ0v) is 13.2. The third kappa shape index (κ3) is 3.87. The third-order valence-corrected chi connectivity index (χ3v) is 4.32. The van der Waals surface area contributed by atoms with Gasteiger partial charge in [-0.15, -0.1) is 0 Å². The van der Waals surface area contributed by atoms with Crippen LogP contribution in [0.2, 0.25) is 0 Å². The summed E-state index contributed by atoms with van der Waals surface area (Å²) in [6.07, 6.45) is 2.13. The molecule has 3 nitrogen and oxygen atoms in total. The molecule has 1 rings (SSSR count). The van der Waals surface area contributed by atoms with Crippen molar-refractivity contribution in [1.82, 2.24) is 5.32 Å². The van der Waals surface area contributed by atoms with Crippen LogP contribution in [0.1, 0.15) is 47.2 Å². The number of carbonyl (C=O) groups is 1. The smallest absolute Gasteiger partial charge is 0.255 e. The van der Waals surface area contributed by atoms with Crippen molar-refractivity contribution in [2.45, 2.75) is 40.5 Å². The maximum absolute atomic E-state index is 12.0. The van der Waals surface area contributed by atoms with Crippen molar-refractivity contribution in [1.29, 1.82) is 0 Å². The Morgan fingerprint density at radius 1 is 1.33 bits per heavy atom. The van der Waals surface area contributed by atoms with Gasteiger partial charge >= 0.3 is 0 Å². The summed E-state index contributed by atoms with van der Waals surface area (Å²) in [4.78, 5) is 12.0. The highest BCUT2D eigenvalue weighted by atomic mass is 79.9. The predicted molar refractivity (Wildman–Crippen MR) is 77.4 cm³/mol. The van der Waals surface area contributed by atoms with Crippen LogP contribution in [-0.4, -0.2) is 17.8 Å². The molecule has 1 heterocycles. The molecule has 1 aromatic rings. The molecular formula is C14H22BrNO2. The van der Waals surface area contributed by atoms with Crippen LogP contribution in [0, 0.1) is 26.7 Å².